The van der Waals surface area contributed by atoms with Crippen LogP contribution in [0.1, 0.15) is 30.7 Å². The monoisotopic (exact) mass is 516 g/mol. The molecule has 10 heteroatoms. The van der Waals surface area contributed by atoms with Crippen molar-refractivity contribution < 1.29 is 14.6 Å². The predicted molar refractivity (Wildman–Crippen MR) is 136 cm³/mol. The van der Waals surface area contributed by atoms with Gasteiger partial charge in [0.15, 0.2) is 11.6 Å². The molecule has 0 spiro atoms. The van der Waals surface area contributed by atoms with Crippen molar-refractivity contribution in [1.82, 2.24) is 14.4 Å². The van der Waals surface area contributed by atoms with Crippen molar-refractivity contribution >= 4 is 53.9 Å². The van der Waals surface area contributed by atoms with E-state index < -0.39 is 11.4 Å². The van der Waals surface area contributed by atoms with Crippen LogP contribution in [-0.2, 0) is 11.3 Å². The molecule has 1 aromatic heterocycles. The molecular weight excluding hydrogens is 487 g/mol. The number of aliphatic imine (C=N–C) groups is 1. The second-order valence-electron chi connectivity index (χ2n) is 8.98. The van der Waals surface area contributed by atoms with Crippen LogP contribution in [0.4, 0.5) is 5.69 Å². The Morgan fingerprint density at radius 2 is 1.88 bits per heavy atom. The number of fused-ring (bicyclic) bond motifs is 2. The highest BCUT2D eigenvalue weighted by Crippen LogP contribution is 2.35. The number of ether oxygens (including phenoxy) is 1. The molecule has 2 aliphatic rings. The topological polar surface area (TPSA) is 70.3 Å². The standard InChI is InChI=1S/C23H29ClN4O3.2ClH/c1-15-12-28-13-16-11-17(24)5-6-18(16)25-21(19(28)20(15)31-4)27-9-7-26(8-10-27)14-23(2,3)22(29)30;;/h5-6,11-12H,7-10,13-14H2,1-4H3,(H,29,30);2*1H. The number of halogens is 3. The Hall–Kier alpha value is -1.93. The van der Waals surface area contributed by atoms with E-state index in [0.29, 0.717) is 18.1 Å². The summed E-state index contributed by atoms with van der Waals surface area (Å²) in [5, 5.41) is 10.2. The van der Waals surface area contributed by atoms with E-state index >= 15 is 0 Å². The molecular formula is C23H31Cl3N4O3. The Balaban J connectivity index is 0.00000193. The molecule has 2 aromatic rings. The number of carboxylic acid groups (broad SMARTS) is 1. The molecule has 7 nitrogen and oxygen atoms in total. The van der Waals surface area contributed by atoms with Crippen LogP contribution >= 0.6 is 36.4 Å². The number of carboxylic acids is 1. The summed E-state index contributed by atoms with van der Waals surface area (Å²) in [5.74, 6) is 0.964. The number of benzene rings is 1. The molecule has 0 atom stereocenters. The molecule has 0 aliphatic carbocycles. The maximum Gasteiger partial charge on any atom is 0.310 e. The number of rotatable bonds is 4. The molecule has 1 aromatic carbocycles. The fourth-order valence-electron chi connectivity index (χ4n) is 4.39. The molecule has 4 rings (SSSR count). The number of nitrogens with zero attached hydrogens (tertiary/aromatic N) is 4. The summed E-state index contributed by atoms with van der Waals surface area (Å²) in [6.07, 6.45) is 2.10. The average molecular weight is 518 g/mol. The molecule has 0 unspecified atom stereocenters. The molecule has 2 aliphatic heterocycles. The zero-order valence-corrected chi connectivity index (χ0v) is 21.7. The van der Waals surface area contributed by atoms with Gasteiger partial charge in [-0.15, -0.1) is 24.8 Å². The quantitative estimate of drug-likeness (QED) is 0.648. The fraction of sp³-hybridized carbons (Fsp3) is 0.478. The van der Waals surface area contributed by atoms with Gasteiger partial charge in [-0.3, -0.25) is 9.69 Å². The van der Waals surface area contributed by atoms with Crippen LogP contribution in [0, 0.1) is 12.3 Å². The number of aromatic nitrogens is 1. The Morgan fingerprint density at radius 3 is 2.48 bits per heavy atom. The van der Waals surface area contributed by atoms with Crippen LogP contribution in [0.3, 0.4) is 0 Å². The largest absolute Gasteiger partial charge is 0.494 e. The lowest BCUT2D eigenvalue weighted by Gasteiger charge is -2.39. The maximum absolute atomic E-state index is 11.5. The van der Waals surface area contributed by atoms with Gasteiger partial charge in [0.05, 0.1) is 24.8 Å². The molecule has 0 saturated carbocycles. The minimum absolute atomic E-state index is 0. The zero-order chi connectivity index (χ0) is 22.3. The zero-order valence-electron chi connectivity index (χ0n) is 19.3. The van der Waals surface area contributed by atoms with Gasteiger partial charge in [0, 0.05) is 49.5 Å². The summed E-state index contributed by atoms with van der Waals surface area (Å²) in [6.45, 7) is 9.91. The normalized spacial score (nSPS) is 15.9. The van der Waals surface area contributed by atoms with Gasteiger partial charge in [0.25, 0.3) is 0 Å². The Kier molecular flexibility index (Phi) is 8.74. The summed E-state index contributed by atoms with van der Waals surface area (Å²) < 4.78 is 7.96. The average Bonchev–Trinajstić information content (AvgIpc) is 2.93. The minimum atomic E-state index is -0.769. The van der Waals surface area contributed by atoms with E-state index in [-0.39, 0.29) is 24.8 Å². The van der Waals surface area contributed by atoms with Gasteiger partial charge in [0.1, 0.15) is 5.69 Å². The number of aryl methyl sites for hydroxylation is 1. The Morgan fingerprint density at radius 1 is 1.21 bits per heavy atom. The molecule has 1 saturated heterocycles. The van der Waals surface area contributed by atoms with Crippen molar-refractivity contribution in [3.05, 3.63) is 46.2 Å². The number of hydrogen-bond donors (Lipinski definition) is 1. The number of aliphatic carboxylic acids is 1. The van der Waals surface area contributed by atoms with Crippen LogP contribution in [0.2, 0.25) is 5.02 Å². The highest BCUT2D eigenvalue weighted by molar-refractivity contribution is 6.30. The third-order valence-electron chi connectivity index (χ3n) is 6.10. The van der Waals surface area contributed by atoms with Crippen molar-refractivity contribution in [3.63, 3.8) is 0 Å². The molecule has 33 heavy (non-hydrogen) atoms. The summed E-state index contributed by atoms with van der Waals surface area (Å²) in [4.78, 5) is 21.1. The van der Waals surface area contributed by atoms with E-state index in [1.165, 1.54) is 0 Å². The van der Waals surface area contributed by atoms with Gasteiger partial charge in [-0.1, -0.05) is 11.6 Å². The van der Waals surface area contributed by atoms with Crippen molar-refractivity contribution in [2.45, 2.75) is 27.3 Å². The lowest BCUT2D eigenvalue weighted by Crippen LogP contribution is -2.52. The van der Waals surface area contributed by atoms with E-state index in [0.717, 1.165) is 60.3 Å². The fourth-order valence-corrected chi connectivity index (χ4v) is 4.59. The number of piperazine rings is 1. The number of amidine groups is 1. The molecule has 1 N–H and O–H groups in total. The number of methoxy groups -OCH3 is 1. The third kappa shape index (κ3) is 5.43. The summed E-state index contributed by atoms with van der Waals surface area (Å²) >= 11 is 6.26. The van der Waals surface area contributed by atoms with Gasteiger partial charge in [-0.25, -0.2) is 4.99 Å². The smallest absolute Gasteiger partial charge is 0.310 e. The summed E-state index contributed by atoms with van der Waals surface area (Å²) in [7, 11) is 1.70. The van der Waals surface area contributed by atoms with E-state index in [2.05, 4.69) is 20.6 Å². The van der Waals surface area contributed by atoms with E-state index in [1.54, 1.807) is 21.0 Å². The highest BCUT2D eigenvalue weighted by Gasteiger charge is 2.33. The first kappa shape index (κ1) is 27.3. The first-order valence-corrected chi connectivity index (χ1v) is 10.9. The van der Waals surface area contributed by atoms with Crippen LogP contribution in [0.15, 0.2) is 29.4 Å². The van der Waals surface area contributed by atoms with Crippen molar-refractivity contribution in [2.75, 3.05) is 39.8 Å². The first-order chi connectivity index (χ1) is 14.7. The summed E-state index contributed by atoms with van der Waals surface area (Å²) in [5.41, 5.74) is 3.26. The summed E-state index contributed by atoms with van der Waals surface area (Å²) in [6, 6.07) is 5.81. The molecule has 0 bridgehead atoms. The molecule has 0 amide bonds. The van der Waals surface area contributed by atoms with E-state index in [1.807, 2.05) is 25.1 Å². The van der Waals surface area contributed by atoms with E-state index in [4.69, 9.17) is 21.3 Å². The number of carbonyl (C=O) groups is 1. The molecule has 182 valence electrons. The predicted octanol–water partition coefficient (Wildman–Crippen LogP) is 4.47. The van der Waals surface area contributed by atoms with Crippen molar-refractivity contribution in [2.24, 2.45) is 10.4 Å². The highest BCUT2D eigenvalue weighted by atomic mass is 35.5. The molecule has 3 heterocycles. The third-order valence-corrected chi connectivity index (χ3v) is 6.34. The Labute approximate surface area is 212 Å². The van der Waals surface area contributed by atoms with Gasteiger partial charge in [0.2, 0.25) is 0 Å². The van der Waals surface area contributed by atoms with Crippen LogP contribution in [-0.4, -0.2) is 71.1 Å². The lowest BCUT2D eigenvalue weighted by molar-refractivity contribution is -0.148. The van der Waals surface area contributed by atoms with Crippen molar-refractivity contribution in [3.8, 4) is 5.75 Å². The van der Waals surface area contributed by atoms with E-state index in [9.17, 15) is 9.90 Å². The van der Waals surface area contributed by atoms with Crippen LogP contribution < -0.4 is 4.74 Å². The SMILES string of the molecule is COc1c(C)cn2c1C(N1CCN(CC(C)(C)C(=O)O)CC1)=Nc1ccc(Cl)cc1C2.Cl.Cl. The molecule has 1 fully saturated rings. The minimum Gasteiger partial charge on any atom is -0.494 e. The van der Waals surface area contributed by atoms with Gasteiger partial charge >= 0.3 is 5.97 Å². The van der Waals surface area contributed by atoms with Crippen LogP contribution in [0.5, 0.6) is 5.75 Å². The van der Waals surface area contributed by atoms with Crippen LogP contribution in [0.25, 0.3) is 0 Å². The molecule has 0 radical (unpaired) electrons. The van der Waals surface area contributed by atoms with Gasteiger partial charge in [-0.05, 0) is 44.5 Å². The van der Waals surface area contributed by atoms with Gasteiger partial charge in [-0.2, -0.15) is 0 Å². The lowest BCUT2D eigenvalue weighted by atomic mass is 9.93. The Bertz CT molecular complexity index is 1040. The van der Waals surface area contributed by atoms with Crippen molar-refractivity contribution in [1.29, 1.82) is 0 Å². The van der Waals surface area contributed by atoms with Gasteiger partial charge < -0.3 is 19.3 Å². The second kappa shape index (κ2) is 10.6. The second-order valence-corrected chi connectivity index (χ2v) is 9.42. The number of hydrogen-bond acceptors (Lipinski definition) is 5. The first-order valence-electron chi connectivity index (χ1n) is 10.5. The maximum atomic E-state index is 11.5.